The van der Waals surface area contributed by atoms with E-state index in [2.05, 4.69) is 0 Å². The second kappa shape index (κ2) is 3.42. The summed E-state index contributed by atoms with van der Waals surface area (Å²) in [5, 5.41) is 0. The third-order valence-corrected chi connectivity index (χ3v) is 3.13. The first-order valence-electron chi connectivity index (χ1n) is 5.32. The van der Waals surface area contributed by atoms with Gasteiger partial charge >= 0.3 is 6.09 Å². The molecule has 80 valence electrons. The summed E-state index contributed by atoms with van der Waals surface area (Å²) in [5.41, 5.74) is 6.10. The van der Waals surface area contributed by atoms with Crippen LogP contribution in [0.4, 0.5) is 4.79 Å². The summed E-state index contributed by atoms with van der Waals surface area (Å²) in [5.74, 6) is 0. The summed E-state index contributed by atoms with van der Waals surface area (Å²) >= 11 is 0. The zero-order chi connectivity index (χ0) is 10.2. The Morgan fingerprint density at radius 3 is 2.71 bits per heavy atom. The Morgan fingerprint density at radius 2 is 2.21 bits per heavy atom. The molecule has 2 N–H and O–H groups in total. The van der Waals surface area contributed by atoms with Crippen molar-refractivity contribution in [3.05, 3.63) is 0 Å². The molecule has 0 aromatic rings. The second-order valence-corrected chi connectivity index (χ2v) is 4.64. The SMILES string of the molecule is CCCOC(=O)N1CC2(CC(N)C2)C1. The van der Waals surface area contributed by atoms with Crippen LogP contribution in [-0.4, -0.2) is 36.7 Å². The molecule has 4 nitrogen and oxygen atoms in total. The van der Waals surface area contributed by atoms with Crippen LogP contribution in [0.5, 0.6) is 0 Å². The lowest BCUT2D eigenvalue weighted by Gasteiger charge is -2.57. The predicted octanol–water partition coefficient (Wildman–Crippen LogP) is 0.956. The number of amides is 1. The maximum atomic E-state index is 11.4. The Morgan fingerprint density at radius 1 is 1.57 bits per heavy atom. The van der Waals surface area contributed by atoms with E-state index in [1.807, 2.05) is 6.92 Å². The quantitative estimate of drug-likeness (QED) is 0.719. The molecule has 4 heteroatoms. The van der Waals surface area contributed by atoms with Crippen LogP contribution in [-0.2, 0) is 4.74 Å². The number of carbonyl (C=O) groups excluding carboxylic acids is 1. The lowest BCUT2D eigenvalue weighted by molar-refractivity contribution is -0.0626. The van der Waals surface area contributed by atoms with E-state index in [1.54, 1.807) is 4.90 Å². The van der Waals surface area contributed by atoms with Gasteiger partial charge < -0.3 is 15.4 Å². The number of rotatable bonds is 2. The molecule has 0 unspecified atom stereocenters. The van der Waals surface area contributed by atoms with Crippen molar-refractivity contribution in [2.24, 2.45) is 11.1 Å². The fraction of sp³-hybridized carbons (Fsp3) is 0.900. The molecule has 1 aliphatic heterocycles. The van der Waals surface area contributed by atoms with Gasteiger partial charge in [0.1, 0.15) is 0 Å². The minimum atomic E-state index is -0.155. The van der Waals surface area contributed by atoms with E-state index in [4.69, 9.17) is 10.5 Å². The molecular weight excluding hydrogens is 180 g/mol. The van der Waals surface area contributed by atoms with Crippen molar-refractivity contribution in [2.45, 2.75) is 32.2 Å². The topological polar surface area (TPSA) is 55.6 Å². The molecule has 0 bridgehead atoms. The van der Waals surface area contributed by atoms with E-state index < -0.39 is 0 Å². The number of hydrogen-bond donors (Lipinski definition) is 1. The normalized spacial score (nSPS) is 24.3. The highest BCUT2D eigenvalue weighted by Crippen LogP contribution is 2.47. The third-order valence-electron chi connectivity index (χ3n) is 3.13. The molecule has 0 aromatic carbocycles. The summed E-state index contributed by atoms with van der Waals surface area (Å²) < 4.78 is 5.04. The summed E-state index contributed by atoms with van der Waals surface area (Å²) in [6.45, 7) is 4.23. The van der Waals surface area contributed by atoms with Gasteiger partial charge in [-0.15, -0.1) is 0 Å². The van der Waals surface area contributed by atoms with Gasteiger partial charge in [-0.3, -0.25) is 0 Å². The van der Waals surface area contributed by atoms with Crippen LogP contribution in [0.3, 0.4) is 0 Å². The molecule has 14 heavy (non-hydrogen) atoms. The van der Waals surface area contributed by atoms with Crippen molar-refractivity contribution in [1.29, 1.82) is 0 Å². The first kappa shape index (κ1) is 9.77. The predicted molar refractivity (Wildman–Crippen MR) is 52.9 cm³/mol. The maximum absolute atomic E-state index is 11.4. The van der Waals surface area contributed by atoms with Gasteiger partial charge in [0.25, 0.3) is 0 Å². The molecule has 1 saturated carbocycles. The lowest BCUT2D eigenvalue weighted by Crippen LogP contribution is -2.66. The largest absolute Gasteiger partial charge is 0.449 e. The molecule has 2 fully saturated rings. The fourth-order valence-corrected chi connectivity index (χ4v) is 2.48. The molecule has 1 aliphatic carbocycles. The molecule has 1 amide bonds. The van der Waals surface area contributed by atoms with Gasteiger partial charge in [-0.25, -0.2) is 4.79 Å². The van der Waals surface area contributed by atoms with Crippen molar-refractivity contribution in [3.63, 3.8) is 0 Å². The third kappa shape index (κ3) is 1.59. The van der Waals surface area contributed by atoms with Gasteiger partial charge in [0, 0.05) is 24.5 Å². The van der Waals surface area contributed by atoms with Crippen molar-refractivity contribution < 1.29 is 9.53 Å². The van der Waals surface area contributed by atoms with Crippen LogP contribution in [0.1, 0.15) is 26.2 Å². The van der Waals surface area contributed by atoms with Crippen LogP contribution < -0.4 is 5.73 Å². The average Bonchev–Trinajstić information content (AvgIpc) is 2.04. The summed E-state index contributed by atoms with van der Waals surface area (Å²) in [6.07, 6.45) is 2.88. The fourth-order valence-electron chi connectivity index (χ4n) is 2.48. The van der Waals surface area contributed by atoms with E-state index in [1.165, 1.54) is 0 Å². The first-order chi connectivity index (χ1) is 6.65. The summed E-state index contributed by atoms with van der Waals surface area (Å²) in [4.78, 5) is 13.1. The summed E-state index contributed by atoms with van der Waals surface area (Å²) in [7, 11) is 0. The van der Waals surface area contributed by atoms with Gasteiger partial charge in [-0.2, -0.15) is 0 Å². The van der Waals surface area contributed by atoms with Gasteiger partial charge in [-0.05, 0) is 19.3 Å². The van der Waals surface area contributed by atoms with Crippen LogP contribution >= 0.6 is 0 Å². The van der Waals surface area contributed by atoms with E-state index >= 15 is 0 Å². The number of nitrogens with zero attached hydrogens (tertiary/aromatic N) is 1. The van der Waals surface area contributed by atoms with Crippen LogP contribution in [0, 0.1) is 5.41 Å². The minimum absolute atomic E-state index is 0.155. The van der Waals surface area contributed by atoms with Crippen LogP contribution in [0.25, 0.3) is 0 Å². The van der Waals surface area contributed by atoms with Gasteiger partial charge in [0.2, 0.25) is 0 Å². The van der Waals surface area contributed by atoms with Crippen molar-refractivity contribution in [3.8, 4) is 0 Å². The van der Waals surface area contributed by atoms with Gasteiger partial charge in [0.05, 0.1) is 6.61 Å². The Kier molecular flexibility index (Phi) is 2.39. The van der Waals surface area contributed by atoms with Gasteiger partial charge in [-0.1, -0.05) is 6.92 Å². The Hall–Kier alpha value is -0.770. The number of likely N-dealkylation sites (tertiary alicyclic amines) is 1. The van der Waals surface area contributed by atoms with E-state index in [-0.39, 0.29) is 6.09 Å². The first-order valence-corrected chi connectivity index (χ1v) is 5.32. The highest BCUT2D eigenvalue weighted by Gasteiger charge is 2.52. The number of nitrogens with two attached hydrogens (primary N) is 1. The second-order valence-electron chi connectivity index (χ2n) is 4.64. The maximum Gasteiger partial charge on any atom is 0.409 e. The molecule has 0 aromatic heterocycles. The highest BCUT2D eigenvalue weighted by molar-refractivity contribution is 5.69. The van der Waals surface area contributed by atoms with Crippen molar-refractivity contribution in [1.82, 2.24) is 4.90 Å². The zero-order valence-electron chi connectivity index (χ0n) is 8.66. The average molecular weight is 198 g/mol. The molecule has 0 atom stereocenters. The molecule has 1 saturated heterocycles. The Labute approximate surface area is 84.4 Å². The monoisotopic (exact) mass is 198 g/mol. The Balaban J connectivity index is 1.69. The Bertz CT molecular complexity index is 228. The molecule has 0 radical (unpaired) electrons. The number of ether oxygens (including phenoxy) is 1. The number of carbonyl (C=O) groups is 1. The lowest BCUT2D eigenvalue weighted by atomic mass is 9.61. The zero-order valence-corrected chi connectivity index (χ0v) is 8.66. The standard InChI is InChI=1S/C10H18N2O2/c1-2-3-14-9(13)12-6-10(7-12)4-8(11)5-10/h8H,2-7,11H2,1H3. The van der Waals surface area contributed by atoms with Crippen LogP contribution in [0.2, 0.25) is 0 Å². The highest BCUT2D eigenvalue weighted by atomic mass is 16.6. The number of hydrogen-bond acceptors (Lipinski definition) is 3. The van der Waals surface area contributed by atoms with E-state index in [9.17, 15) is 4.79 Å². The van der Waals surface area contributed by atoms with Crippen LogP contribution in [0.15, 0.2) is 0 Å². The van der Waals surface area contributed by atoms with E-state index in [0.717, 1.165) is 32.4 Å². The summed E-state index contributed by atoms with van der Waals surface area (Å²) in [6, 6.07) is 0.365. The smallest absolute Gasteiger partial charge is 0.409 e. The molecule has 2 rings (SSSR count). The minimum Gasteiger partial charge on any atom is -0.449 e. The van der Waals surface area contributed by atoms with Gasteiger partial charge in [0.15, 0.2) is 0 Å². The molecule has 2 aliphatic rings. The molecular formula is C10H18N2O2. The molecule has 1 heterocycles. The van der Waals surface area contributed by atoms with E-state index in [0.29, 0.717) is 18.1 Å². The van der Waals surface area contributed by atoms with Crippen molar-refractivity contribution in [2.75, 3.05) is 19.7 Å². The molecule has 1 spiro atoms. The van der Waals surface area contributed by atoms with Crippen molar-refractivity contribution >= 4 is 6.09 Å².